The maximum absolute atomic E-state index is 12.0. The van der Waals surface area contributed by atoms with Crippen LogP contribution >= 0.6 is 23.2 Å². The molecule has 0 fully saturated rings. The van der Waals surface area contributed by atoms with Crippen molar-refractivity contribution >= 4 is 35.1 Å². The zero-order chi connectivity index (χ0) is 13.9. The average molecular weight is 282 g/mol. The molecule has 0 radical (unpaired) electrons. The van der Waals surface area contributed by atoms with Crippen molar-refractivity contribution in [2.24, 2.45) is 5.41 Å². The summed E-state index contributed by atoms with van der Waals surface area (Å²) in [6.07, 6.45) is 1.47. The molecular weight excluding hydrogens is 269 g/mol. The van der Waals surface area contributed by atoms with E-state index in [9.17, 15) is 4.79 Å². The molecule has 0 spiro atoms. The standard InChI is InChI=1S/C14H13Cl2NO/c1-14(2,3)13(18)10(8-17)7-9-5-4-6-11(15)12(9)16/h4-7H,1-3H3/b10-7-. The minimum atomic E-state index is -0.605. The molecule has 0 heterocycles. The van der Waals surface area contributed by atoms with Gasteiger partial charge in [-0.15, -0.1) is 0 Å². The molecule has 0 atom stereocenters. The number of nitriles is 1. The van der Waals surface area contributed by atoms with Gasteiger partial charge in [-0.3, -0.25) is 4.79 Å². The highest BCUT2D eigenvalue weighted by Crippen LogP contribution is 2.28. The quantitative estimate of drug-likeness (QED) is 0.591. The highest BCUT2D eigenvalue weighted by atomic mass is 35.5. The number of carbonyl (C=O) groups is 1. The molecule has 4 heteroatoms. The molecule has 0 N–H and O–H groups in total. The number of ketones is 1. The first-order valence-corrected chi connectivity index (χ1v) is 6.13. The van der Waals surface area contributed by atoms with E-state index in [0.29, 0.717) is 15.6 Å². The van der Waals surface area contributed by atoms with Crippen LogP contribution in [0.15, 0.2) is 23.8 Å². The first-order chi connectivity index (χ1) is 8.27. The number of allylic oxidation sites excluding steroid dienone is 1. The third-order valence-corrected chi connectivity index (χ3v) is 3.16. The second-order valence-electron chi connectivity index (χ2n) is 4.89. The van der Waals surface area contributed by atoms with Crippen molar-refractivity contribution in [1.82, 2.24) is 0 Å². The predicted octanol–water partition coefficient (Wildman–Crippen LogP) is 4.52. The number of hydrogen-bond acceptors (Lipinski definition) is 2. The van der Waals surface area contributed by atoms with E-state index in [2.05, 4.69) is 0 Å². The third kappa shape index (κ3) is 3.35. The predicted molar refractivity (Wildman–Crippen MR) is 74.5 cm³/mol. The van der Waals surface area contributed by atoms with Crippen molar-refractivity contribution in [1.29, 1.82) is 5.26 Å². The summed E-state index contributed by atoms with van der Waals surface area (Å²) in [7, 11) is 0. The first kappa shape index (κ1) is 14.8. The number of benzene rings is 1. The van der Waals surface area contributed by atoms with E-state index in [-0.39, 0.29) is 11.4 Å². The summed E-state index contributed by atoms with van der Waals surface area (Å²) in [5.74, 6) is -0.221. The molecule has 94 valence electrons. The number of nitrogens with zero attached hydrogens (tertiary/aromatic N) is 1. The topological polar surface area (TPSA) is 40.9 Å². The molecule has 0 saturated heterocycles. The van der Waals surface area contributed by atoms with Crippen LogP contribution in [0.4, 0.5) is 0 Å². The second kappa shape index (κ2) is 5.56. The van der Waals surface area contributed by atoms with Crippen LogP contribution in [-0.2, 0) is 4.79 Å². The highest BCUT2D eigenvalue weighted by Gasteiger charge is 2.25. The summed E-state index contributed by atoms with van der Waals surface area (Å²) < 4.78 is 0. The smallest absolute Gasteiger partial charge is 0.178 e. The number of halogens is 2. The lowest BCUT2D eigenvalue weighted by Gasteiger charge is -2.15. The van der Waals surface area contributed by atoms with Gasteiger partial charge in [0.2, 0.25) is 0 Å². The Hall–Kier alpha value is -1.30. The summed E-state index contributed by atoms with van der Waals surface area (Å²) >= 11 is 11.9. The van der Waals surface area contributed by atoms with Gasteiger partial charge in [-0.2, -0.15) is 5.26 Å². The number of hydrogen-bond donors (Lipinski definition) is 0. The van der Waals surface area contributed by atoms with Gasteiger partial charge in [0.1, 0.15) is 6.07 Å². The molecule has 0 aliphatic heterocycles. The fourth-order valence-corrected chi connectivity index (χ4v) is 1.70. The van der Waals surface area contributed by atoms with Crippen LogP contribution in [0.25, 0.3) is 6.08 Å². The fourth-order valence-electron chi connectivity index (χ4n) is 1.34. The van der Waals surface area contributed by atoms with E-state index in [4.69, 9.17) is 28.5 Å². The van der Waals surface area contributed by atoms with Gasteiger partial charge in [-0.1, -0.05) is 56.1 Å². The molecule has 0 aliphatic carbocycles. The average Bonchev–Trinajstić information content (AvgIpc) is 2.29. The maximum Gasteiger partial charge on any atom is 0.178 e. The summed E-state index contributed by atoms with van der Waals surface area (Å²) in [6, 6.07) is 6.99. The summed E-state index contributed by atoms with van der Waals surface area (Å²) in [5, 5.41) is 9.80. The van der Waals surface area contributed by atoms with Gasteiger partial charge in [0.25, 0.3) is 0 Å². The number of Topliss-reactive ketones (excluding diaryl/α,β-unsaturated/α-hetero) is 1. The van der Waals surface area contributed by atoms with Crippen LogP contribution in [0.1, 0.15) is 26.3 Å². The minimum Gasteiger partial charge on any atom is -0.293 e. The fraction of sp³-hybridized carbons (Fsp3) is 0.286. The highest BCUT2D eigenvalue weighted by molar-refractivity contribution is 6.43. The van der Waals surface area contributed by atoms with Crippen LogP contribution in [0, 0.1) is 16.7 Å². The molecule has 0 amide bonds. The number of carbonyl (C=O) groups excluding carboxylic acids is 1. The van der Waals surface area contributed by atoms with E-state index in [1.54, 1.807) is 39.0 Å². The van der Waals surface area contributed by atoms with Crippen LogP contribution < -0.4 is 0 Å². The normalized spacial score (nSPS) is 12.1. The van der Waals surface area contributed by atoms with Crippen molar-refractivity contribution in [3.05, 3.63) is 39.4 Å². The van der Waals surface area contributed by atoms with E-state index in [1.165, 1.54) is 6.08 Å². The van der Waals surface area contributed by atoms with Crippen molar-refractivity contribution in [3.8, 4) is 6.07 Å². The summed E-state index contributed by atoms with van der Waals surface area (Å²) in [5.41, 5.74) is 0.0390. The van der Waals surface area contributed by atoms with Gasteiger partial charge in [0.15, 0.2) is 5.78 Å². The van der Waals surface area contributed by atoms with Gasteiger partial charge in [0, 0.05) is 5.41 Å². The van der Waals surface area contributed by atoms with Crippen molar-refractivity contribution < 1.29 is 4.79 Å². The van der Waals surface area contributed by atoms with Crippen molar-refractivity contribution in [2.75, 3.05) is 0 Å². The Balaban J connectivity index is 3.26. The lowest BCUT2D eigenvalue weighted by Crippen LogP contribution is -2.21. The van der Waals surface area contributed by atoms with E-state index in [1.807, 2.05) is 6.07 Å². The molecule has 1 rings (SSSR count). The minimum absolute atomic E-state index is 0.0756. The van der Waals surface area contributed by atoms with Crippen LogP contribution in [0.5, 0.6) is 0 Å². The monoisotopic (exact) mass is 281 g/mol. The maximum atomic E-state index is 12.0. The van der Waals surface area contributed by atoms with Gasteiger partial charge in [-0.05, 0) is 17.7 Å². The lowest BCUT2D eigenvalue weighted by atomic mass is 9.86. The Morgan fingerprint density at radius 1 is 1.33 bits per heavy atom. The molecule has 0 aromatic heterocycles. The molecule has 18 heavy (non-hydrogen) atoms. The molecule has 2 nitrogen and oxygen atoms in total. The van der Waals surface area contributed by atoms with Gasteiger partial charge >= 0.3 is 0 Å². The largest absolute Gasteiger partial charge is 0.293 e. The third-order valence-electron chi connectivity index (χ3n) is 2.33. The molecule has 1 aromatic carbocycles. The lowest BCUT2D eigenvalue weighted by molar-refractivity contribution is -0.121. The van der Waals surface area contributed by atoms with Crippen LogP contribution in [0.2, 0.25) is 10.0 Å². The van der Waals surface area contributed by atoms with Crippen LogP contribution in [-0.4, -0.2) is 5.78 Å². The summed E-state index contributed by atoms with van der Waals surface area (Å²) in [6.45, 7) is 5.29. The summed E-state index contributed by atoms with van der Waals surface area (Å²) in [4.78, 5) is 12.0. The Kier molecular flexibility index (Phi) is 4.56. The molecule has 0 saturated carbocycles. The van der Waals surface area contributed by atoms with E-state index >= 15 is 0 Å². The Bertz CT molecular complexity index is 548. The Labute approximate surface area is 117 Å². The van der Waals surface area contributed by atoms with Gasteiger partial charge < -0.3 is 0 Å². The van der Waals surface area contributed by atoms with Crippen molar-refractivity contribution in [3.63, 3.8) is 0 Å². The van der Waals surface area contributed by atoms with Crippen molar-refractivity contribution in [2.45, 2.75) is 20.8 Å². The Morgan fingerprint density at radius 3 is 2.44 bits per heavy atom. The molecule has 0 unspecified atom stereocenters. The second-order valence-corrected chi connectivity index (χ2v) is 5.68. The molecular formula is C14H13Cl2NO. The Morgan fingerprint density at radius 2 is 1.94 bits per heavy atom. The van der Waals surface area contributed by atoms with Gasteiger partial charge in [0.05, 0.1) is 15.6 Å². The van der Waals surface area contributed by atoms with E-state index < -0.39 is 5.41 Å². The molecule has 1 aromatic rings. The van der Waals surface area contributed by atoms with Crippen LogP contribution in [0.3, 0.4) is 0 Å². The first-order valence-electron chi connectivity index (χ1n) is 5.38. The van der Waals surface area contributed by atoms with Gasteiger partial charge in [-0.25, -0.2) is 0 Å². The van der Waals surface area contributed by atoms with E-state index in [0.717, 1.165) is 0 Å². The SMILES string of the molecule is CC(C)(C)C(=O)/C(C#N)=C\c1cccc(Cl)c1Cl. The molecule has 0 aliphatic rings. The number of rotatable bonds is 2. The zero-order valence-corrected chi connectivity index (χ0v) is 11.9. The molecule has 0 bridgehead atoms. The zero-order valence-electron chi connectivity index (χ0n) is 10.4.